The van der Waals surface area contributed by atoms with Gasteiger partial charge in [0.05, 0.1) is 0 Å². The normalized spacial score (nSPS) is 49.4. The van der Waals surface area contributed by atoms with Gasteiger partial charge in [0, 0.05) is 13.5 Å². The Morgan fingerprint density at radius 3 is 2.56 bits per heavy atom. The fourth-order valence-corrected chi connectivity index (χ4v) is 2.77. The van der Waals surface area contributed by atoms with Crippen molar-refractivity contribution >= 4 is 5.78 Å². The summed E-state index contributed by atoms with van der Waals surface area (Å²) in [6, 6.07) is 0. The molecule has 0 aromatic heterocycles. The molecule has 4 atom stereocenters. The number of rotatable bonds is 1. The van der Waals surface area contributed by atoms with Crippen molar-refractivity contribution in [3.63, 3.8) is 0 Å². The highest BCUT2D eigenvalue weighted by atomic mass is 16.8. The van der Waals surface area contributed by atoms with Gasteiger partial charge in [-0.1, -0.05) is 0 Å². The maximum absolute atomic E-state index is 11.8. The van der Waals surface area contributed by atoms with Gasteiger partial charge in [-0.3, -0.25) is 4.79 Å². The molecule has 0 aromatic carbocycles. The molecule has 1 aliphatic carbocycles. The molecule has 1 spiro atoms. The van der Waals surface area contributed by atoms with E-state index in [-0.39, 0.29) is 18.0 Å². The maximum Gasteiger partial charge on any atom is 0.187 e. The Bertz CT molecular complexity index is 339. The Morgan fingerprint density at radius 1 is 1.31 bits per heavy atom. The van der Waals surface area contributed by atoms with E-state index >= 15 is 0 Å². The lowest BCUT2D eigenvalue weighted by Gasteiger charge is -2.39. The van der Waals surface area contributed by atoms with Crippen molar-refractivity contribution in [2.45, 2.75) is 56.6 Å². The molecule has 5 heteroatoms. The third-order valence-electron chi connectivity index (χ3n) is 3.61. The van der Waals surface area contributed by atoms with Crippen molar-refractivity contribution in [3.8, 4) is 0 Å². The molecular formula is C11H16O5. The van der Waals surface area contributed by atoms with Gasteiger partial charge in [-0.2, -0.15) is 0 Å². The zero-order valence-electron chi connectivity index (χ0n) is 9.69. The molecule has 0 radical (unpaired) electrons. The minimum absolute atomic E-state index is 0.100. The van der Waals surface area contributed by atoms with Crippen LogP contribution in [0, 0.1) is 0 Å². The molecule has 5 nitrogen and oxygen atoms in total. The van der Waals surface area contributed by atoms with Gasteiger partial charge in [0.15, 0.2) is 23.5 Å². The van der Waals surface area contributed by atoms with E-state index in [1.807, 2.05) is 13.8 Å². The highest BCUT2D eigenvalue weighted by molar-refractivity contribution is 5.94. The smallest absolute Gasteiger partial charge is 0.187 e. The molecule has 0 amide bonds. The summed E-state index contributed by atoms with van der Waals surface area (Å²) in [7, 11) is 1.55. The van der Waals surface area contributed by atoms with Crippen LogP contribution in [0.3, 0.4) is 0 Å². The molecule has 0 N–H and O–H groups in total. The van der Waals surface area contributed by atoms with E-state index in [0.717, 1.165) is 0 Å². The predicted molar refractivity (Wildman–Crippen MR) is 52.7 cm³/mol. The minimum atomic E-state index is -0.806. The van der Waals surface area contributed by atoms with Crippen LogP contribution in [0.5, 0.6) is 0 Å². The van der Waals surface area contributed by atoms with E-state index in [9.17, 15) is 4.79 Å². The molecule has 2 saturated heterocycles. The Labute approximate surface area is 94.0 Å². The Hall–Kier alpha value is -0.490. The largest absolute Gasteiger partial charge is 0.353 e. The molecule has 3 aliphatic rings. The van der Waals surface area contributed by atoms with Gasteiger partial charge in [-0.25, -0.2) is 0 Å². The molecule has 1 saturated carbocycles. The number of fused-ring (bicyclic) bond motifs is 2. The molecular weight excluding hydrogens is 212 g/mol. The number of carbonyl (C=O) groups excluding carboxylic acids is 1. The summed E-state index contributed by atoms with van der Waals surface area (Å²) >= 11 is 0. The summed E-state index contributed by atoms with van der Waals surface area (Å²) in [5, 5.41) is 0. The second kappa shape index (κ2) is 3.04. The summed E-state index contributed by atoms with van der Waals surface area (Å²) < 4.78 is 22.4. The van der Waals surface area contributed by atoms with Crippen LogP contribution >= 0.6 is 0 Å². The number of hydrogen-bond donors (Lipinski definition) is 0. The number of ketones is 1. The van der Waals surface area contributed by atoms with E-state index in [0.29, 0.717) is 12.8 Å². The Balaban J connectivity index is 1.92. The van der Waals surface area contributed by atoms with Crippen molar-refractivity contribution in [1.29, 1.82) is 0 Å². The number of carbonyl (C=O) groups is 1. The van der Waals surface area contributed by atoms with Crippen LogP contribution in [0.25, 0.3) is 0 Å². The second-order valence-corrected chi connectivity index (χ2v) is 5.06. The summed E-state index contributed by atoms with van der Waals surface area (Å²) in [5.74, 6) is -0.568. The monoisotopic (exact) mass is 228 g/mol. The van der Waals surface area contributed by atoms with Crippen LogP contribution < -0.4 is 0 Å². The average molecular weight is 228 g/mol. The summed E-state index contributed by atoms with van der Waals surface area (Å²) in [4.78, 5) is 11.8. The summed E-state index contributed by atoms with van der Waals surface area (Å²) in [5.41, 5.74) is -0.806. The van der Waals surface area contributed by atoms with Gasteiger partial charge < -0.3 is 18.9 Å². The van der Waals surface area contributed by atoms with Crippen LogP contribution in [0.1, 0.15) is 26.7 Å². The maximum atomic E-state index is 11.8. The van der Waals surface area contributed by atoms with Crippen LogP contribution in [0.2, 0.25) is 0 Å². The Kier molecular flexibility index (Phi) is 2.02. The number of hydrogen-bond acceptors (Lipinski definition) is 5. The fraction of sp³-hybridized carbons (Fsp3) is 0.909. The zero-order valence-corrected chi connectivity index (χ0v) is 9.69. The van der Waals surface area contributed by atoms with Gasteiger partial charge in [-0.05, 0) is 20.3 Å². The third kappa shape index (κ3) is 1.17. The predicted octanol–water partition coefficient (Wildman–Crippen LogP) is 0.611. The Morgan fingerprint density at radius 2 is 2.06 bits per heavy atom. The van der Waals surface area contributed by atoms with Crippen LogP contribution in [-0.2, 0) is 23.7 Å². The third-order valence-corrected chi connectivity index (χ3v) is 3.61. The lowest BCUT2D eigenvalue weighted by Crippen LogP contribution is -2.56. The molecule has 0 bridgehead atoms. The van der Waals surface area contributed by atoms with Gasteiger partial charge in [0.1, 0.15) is 12.2 Å². The van der Waals surface area contributed by atoms with Crippen molar-refractivity contribution in [2.24, 2.45) is 0 Å². The van der Waals surface area contributed by atoms with Crippen molar-refractivity contribution < 1.29 is 23.7 Å². The van der Waals surface area contributed by atoms with E-state index in [2.05, 4.69) is 0 Å². The van der Waals surface area contributed by atoms with Crippen molar-refractivity contribution in [2.75, 3.05) is 7.11 Å². The fourth-order valence-electron chi connectivity index (χ4n) is 2.77. The van der Waals surface area contributed by atoms with Crippen molar-refractivity contribution in [3.05, 3.63) is 0 Å². The molecule has 3 rings (SSSR count). The van der Waals surface area contributed by atoms with Crippen LogP contribution in [0.15, 0.2) is 0 Å². The zero-order chi connectivity index (χ0) is 11.6. The average Bonchev–Trinajstić information content (AvgIpc) is 2.68. The number of Topliss-reactive ketones (excluding diaryl/α,β-unsaturated/α-hetero) is 1. The first-order chi connectivity index (χ1) is 7.48. The second-order valence-electron chi connectivity index (χ2n) is 5.06. The van der Waals surface area contributed by atoms with Gasteiger partial charge in [0.25, 0.3) is 0 Å². The molecule has 1 unspecified atom stereocenters. The quantitative estimate of drug-likeness (QED) is 0.658. The number of methoxy groups -OCH3 is 1. The first-order valence-corrected chi connectivity index (χ1v) is 5.58. The summed E-state index contributed by atoms with van der Waals surface area (Å²) in [6.07, 6.45) is 0.129. The van der Waals surface area contributed by atoms with Gasteiger partial charge in [-0.15, -0.1) is 0 Å². The molecule has 0 aromatic rings. The minimum Gasteiger partial charge on any atom is -0.353 e. The topological polar surface area (TPSA) is 54.0 Å². The van der Waals surface area contributed by atoms with E-state index in [1.165, 1.54) is 0 Å². The van der Waals surface area contributed by atoms with E-state index < -0.39 is 17.7 Å². The lowest BCUT2D eigenvalue weighted by atomic mass is 9.74. The summed E-state index contributed by atoms with van der Waals surface area (Å²) in [6.45, 7) is 3.68. The first-order valence-electron chi connectivity index (χ1n) is 5.58. The molecule has 3 fully saturated rings. The lowest BCUT2D eigenvalue weighted by molar-refractivity contribution is -0.254. The standard InChI is InChI=1S/C11H16O5/c1-10(2)14-7-8(15-10)11(5-4-6(11)12)16-9(7)13-3/h7-9H,4-5H2,1-3H3/t7-,8+,9-,11?/m1/s1. The first kappa shape index (κ1) is 10.7. The van der Waals surface area contributed by atoms with Gasteiger partial charge >= 0.3 is 0 Å². The van der Waals surface area contributed by atoms with Crippen LogP contribution in [0.4, 0.5) is 0 Å². The molecule has 16 heavy (non-hydrogen) atoms. The number of ether oxygens (including phenoxy) is 4. The van der Waals surface area contributed by atoms with Crippen LogP contribution in [-0.4, -0.2) is 42.8 Å². The van der Waals surface area contributed by atoms with E-state index in [4.69, 9.17) is 18.9 Å². The highest BCUT2D eigenvalue weighted by Crippen LogP contribution is 2.51. The SMILES string of the molecule is CO[C@@H]1OC2(CCC2=O)[C@H]2OC(C)(C)O[C@@H]12. The van der Waals surface area contributed by atoms with Crippen molar-refractivity contribution in [1.82, 2.24) is 0 Å². The molecule has 2 aliphatic heterocycles. The van der Waals surface area contributed by atoms with Gasteiger partial charge in [0.2, 0.25) is 0 Å². The molecule has 90 valence electrons. The van der Waals surface area contributed by atoms with E-state index in [1.54, 1.807) is 7.11 Å². The highest BCUT2D eigenvalue weighted by Gasteiger charge is 2.69. The molecule has 2 heterocycles.